The van der Waals surface area contributed by atoms with Crippen molar-refractivity contribution in [1.82, 2.24) is 0 Å². The molecule has 4 heteroatoms. The summed E-state index contributed by atoms with van der Waals surface area (Å²) >= 11 is 0. The van der Waals surface area contributed by atoms with Crippen LogP contribution in [-0.2, 0) is 0 Å². The van der Waals surface area contributed by atoms with E-state index in [9.17, 15) is 4.79 Å². The molecule has 1 heterocycles. The van der Waals surface area contributed by atoms with E-state index in [1.54, 1.807) is 12.1 Å². The maximum absolute atomic E-state index is 11.1. The fourth-order valence-electron chi connectivity index (χ4n) is 3.66. The topological polar surface area (TPSA) is 62.5 Å². The molecule has 0 spiro atoms. The van der Waals surface area contributed by atoms with E-state index in [0.717, 1.165) is 22.8 Å². The summed E-state index contributed by atoms with van der Waals surface area (Å²) in [5.41, 5.74) is 3.48. The molecule has 1 fully saturated rings. The number of hydrogen-bond donors (Lipinski definition) is 2. The number of nitrogens with one attached hydrogen (secondary N) is 1. The number of carboxylic acid groups (broad SMARTS) is 1. The maximum Gasteiger partial charge on any atom is 0.335 e. The van der Waals surface area contributed by atoms with Gasteiger partial charge in [-0.05, 0) is 56.0 Å². The Morgan fingerprint density at radius 2 is 1.81 bits per heavy atom. The fourth-order valence-corrected chi connectivity index (χ4v) is 3.66. The molecule has 0 saturated heterocycles. The normalized spacial score (nSPS) is 15.1. The van der Waals surface area contributed by atoms with Crippen molar-refractivity contribution in [2.75, 3.05) is 5.32 Å². The lowest BCUT2D eigenvalue weighted by atomic mass is 9.77. The minimum atomic E-state index is -0.907. The van der Waals surface area contributed by atoms with Crippen molar-refractivity contribution in [2.24, 2.45) is 5.92 Å². The average Bonchev–Trinajstić information content (AvgIpc) is 3.02. The largest absolute Gasteiger partial charge is 0.478 e. The van der Waals surface area contributed by atoms with Crippen LogP contribution in [0.25, 0.3) is 11.3 Å². The molecule has 1 unspecified atom stereocenters. The van der Waals surface area contributed by atoms with Gasteiger partial charge in [0, 0.05) is 16.8 Å². The van der Waals surface area contributed by atoms with Crippen LogP contribution < -0.4 is 5.32 Å². The van der Waals surface area contributed by atoms with Crippen LogP contribution in [0.2, 0.25) is 0 Å². The van der Waals surface area contributed by atoms with Crippen molar-refractivity contribution in [3.63, 3.8) is 0 Å². The molecule has 0 radical (unpaired) electrons. The van der Waals surface area contributed by atoms with Crippen LogP contribution in [0.15, 0.2) is 65.1 Å². The zero-order chi connectivity index (χ0) is 18.8. The van der Waals surface area contributed by atoms with Crippen molar-refractivity contribution in [3.8, 4) is 11.3 Å². The first-order valence-electron chi connectivity index (χ1n) is 9.37. The number of anilines is 1. The van der Waals surface area contributed by atoms with E-state index < -0.39 is 5.97 Å². The minimum absolute atomic E-state index is 0.163. The minimum Gasteiger partial charge on any atom is -0.478 e. The molecule has 3 aromatic rings. The Labute approximate surface area is 158 Å². The molecule has 1 aliphatic carbocycles. The fraction of sp³-hybridized carbons (Fsp3) is 0.261. The second-order valence-corrected chi connectivity index (χ2v) is 7.18. The third-order valence-electron chi connectivity index (χ3n) is 5.42. The van der Waals surface area contributed by atoms with Gasteiger partial charge in [0.25, 0.3) is 0 Å². The van der Waals surface area contributed by atoms with Gasteiger partial charge >= 0.3 is 5.97 Å². The maximum atomic E-state index is 11.1. The van der Waals surface area contributed by atoms with Crippen molar-refractivity contribution < 1.29 is 14.3 Å². The van der Waals surface area contributed by atoms with Gasteiger partial charge in [-0.25, -0.2) is 4.79 Å². The highest BCUT2D eigenvalue weighted by atomic mass is 16.4. The number of benzene rings is 2. The van der Waals surface area contributed by atoms with E-state index in [-0.39, 0.29) is 6.04 Å². The predicted octanol–water partition coefficient (Wildman–Crippen LogP) is 5.91. The Hall–Kier alpha value is -3.01. The van der Waals surface area contributed by atoms with E-state index >= 15 is 0 Å². The van der Waals surface area contributed by atoms with E-state index in [0.29, 0.717) is 11.5 Å². The Balaban J connectivity index is 1.63. The Bertz CT molecular complexity index is 924. The quantitative estimate of drug-likeness (QED) is 0.573. The van der Waals surface area contributed by atoms with Crippen molar-refractivity contribution in [3.05, 3.63) is 77.6 Å². The van der Waals surface area contributed by atoms with E-state index in [4.69, 9.17) is 9.52 Å². The van der Waals surface area contributed by atoms with Crippen LogP contribution in [0.4, 0.5) is 5.69 Å². The molecule has 2 N–H and O–H groups in total. The van der Waals surface area contributed by atoms with Gasteiger partial charge in [-0.15, -0.1) is 0 Å². The summed E-state index contributed by atoms with van der Waals surface area (Å²) in [7, 11) is 0. The molecule has 138 valence electrons. The molecule has 0 bridgehead atoms. The summed E-state index contributed by atoms with van der Waals surface area (Å²) in [5.74, 6) is 1.47. The van der Waals surface area contributed by atoms with Gasteiger partial charge in [-0.2, -0.15) is 0 Å². The second-order valence-electron chi connectivity index (χ2n) is 7.18. The Morgan fingerprint density at radius 1 is 1.11 bits per heavy atom. The lowest BCUT2D eigenvalue weighted by Crippen LogP contribution is -2.26. The lowest BCUT2D eigenvalue weighted by Gasteiger charge is -2.35. The van der Waals surface area contributed by atoms with E-state index in [2.05, 4.69) is 23.5 Å². The van der Waals surface area contributed by atoms with E-state index in [1.807, 2.05) is 37.3 Å². The summed E-state index contributed by atoms with van der Waals surface area (Å²) in [6.07, 6.45) is 3.63. The smallest absolute Gasteiger partial charge is 0.335 e. The number of carboxylic acids is 1. The molecular weight excluding hydrogens is 338 g/mol. The third-order valence-corrected chi connectivity index (χ3v) is 5.42. The van der Waals surface area contributed by atoms with Gasteiger partial charge in [-0.3, -0.25) is 0 Å². The highest BCUT2D eigenvalue weighted by molar-refractivity contribution is 5.88. The van der Waals surface area contributed by atoms with E-state index in [1.165, 1.54) is 24.8 Å². The first-order valence-corrected chi connectivity index (χ1v) is 9.37. The lowest BCUT2D eigenvalue weighted by molar-refractivity contribution is 0.0697. The summed E-state index contributed by atoms with van der Waals surface area (Å²) in [6.45, 7) is 2.02. The summed E-state index contributed by atoms with van der Waals surface area (Å²) in [4.78, 5) is 11.1. The molecule has 0 amide bonds. The molecule has 1 aromatic heterocycles. The van der Waals surface area contributed by atoms with Gasteiger partial charge in [0.05, 0.1) is 11.6 Å². The van der Waals surface area contributed by atoms with Crippen LogP contribution >= 0.6 is 0 Å². The first-order chi connectivity index (χ1) is 13.1. The zero-order valence-electron chi connectivity index (χ0n) is 15.3. The van der Waals surface area contributed by atoms with Crippen LogP contribution in [-0.4, -0.2) is 11.1 Å². The monoisotopic (exact) mass is 361 g/mol. The van der Waals surface area contributed by atoms with Gasteiger partial charge in [0.1, 0.15) is 11.5 Å². The average molecular weight is 361 g/mol. The summed E-state index contributed by atoms with van der Waals surface area (Å²) in [5, 5.41) is 12.7. The van der Waals surface area contributed by atoms with Crippen molar-refractivity contribution in [2.45, 2.75) is 32.2 Å². The number of hydrogen-bond acceptors (Lipinski definition) is 3. The molecule has 1 atom stereocenters. The van der Waals surface area contributed by atoms with Gasteiger partial charge in [0.15, 0.2) is 0 Å². The zero-order valence-corrected chi connectivity index (χ0v) is 15.3. The standard InChI is InChI=1S/C23H23NO3/c1-15-20(14-21(27-15)16-6-3-2-4-7-16)22(17-8-5-9-17)24-19-12-10-18(11-13-19)23(25)26/h2-4,6-7,10-14,17,22,24H,5,8-9H2,1H3,(H,25,26). The number of carbonyl (C=O) groups is 1. The van der Waals surface area contributed by atoms with Crippen LogP contribution in [0, 0.1) is 12.8 Å². The van der Waals surface area contributed by atoms with Crippen LogP contribution in [0.1, 0.15) is 47.0 Å². The highest BCUT2D eigenvalue weighted by Gasteiger charge is 2.31. The number of aryl methyl sites for hydroxylation is 1. The molecular formula is C23H23NO3. The highest BCUT2D eigenvalue weighted by Crippen LogP contribution is 2.42. The number of furan rings is 1. The number of aromatic carboxylic acids is 1. The summed E-state index contributed by atoms with van der Waals surface area (Å²) in [6, 6.07) is 19.4. The SMILES string of the molecule is Cc1oc(-c2ccccc2)cc1C(Nc1ccc(C(=O)O)cc1)C1CCC1. The van der Waals surface area contributed by atoms with Crippen molar-refractivity contribution >= 4 is 11.7 Å². The first kappa shape index (κ1) is 17.4. The second kappa shape index (κ2) is 7.31. The van der Waals surface area contributed by atoms with Gasteiger partial charge < -0.3 is 14.8 Å². The molecule has 0 aliphatic heterocycles. The third kappa shape index (κ3) is 3.61. The van der Waals surface area contributed by atoms with Gasteiger partial charge in [-0.1, -0.05) is 36.8 Å². The van der Waals surface area contributed by atoms with Gasteiger partial charge in [0.2, 0.25) is 0 Å². The van der Waals surface area contributed by atoms with Crippen LogP contribution in [0.5, 0.6) is 0 Å². The Kier molecular flexibility index (Phi) is 4.71. The Morgan fingerprint density at radius 3 is 2.41 bits per heavy atom. The van der Waals surface area contributed by atoms with Crippen LogP contribution in [0.3, 0.4) is 0 Å². The molecule has 27 heavy (non-hydrogen) atoms. The predicted molar refractivity (Wildman–Crippen MR) is 106 cm³/mol. The molecule has 4 rings (SSSR count). The molecule has 2 aromatic carbocycles. The summed E-state index contributed by atoms with van der Waals surface area (Å²) < 4.78 is 6.07. The molecule has 1 aliphatic rings. The number of rotatable bonds is 6. The van der Waals surface area contributed by atoms with Crippen molar-refractivity contribution in [1.29, 1.82) is 0 Å². The molecule has 1 saturated carbocycles. The molecule has 4 nitrogen and oxygen atoms in total.